The first-order valence-electron chi connectivity index (χ1n) is 22.3. The Morgan fingerprint density at radius 2 is 0.692 bits per heavy atom. The summed E-state index contributed by atoms with van der Waals surface area (Å²) in [5.41, 5.74) is 0. The van der Waals surface area contributed by atoms with Crippen molar-refractivity contribution in [3.63, 3.8) is 0 Å². The van der Waals surface area contributed by atoms with Crippen LogP contribution in [0.15, 0.2) is 24.3 Å². The number of unbranched alkanes of at least 4 members (excludes halogenated alkanes) is 25. The van der Waals surface area contributed by atoms with Crippen molar-refractivity contribution >= 4 is 17.9 Å². The summed E-state index contributed by atoms with van der Waals surface area (Å²) in [6.45, 7) is 6.52. The van der Waals surface area contributed by atoms with Gasteiger partial charge in [-0.05, 0) is 51.4 Å². The first-order valence-corrected chi connectivity index (χ1v) is 22.3. The van der Waals surface area contributed by atoms with E-state index in [0.717, 1.165) is 77.0 Å². The third kappa shape index (κ3) is 39.1. The van der Waals surface area contributed by atoms with Crippen molar-refractivity contribution in [1.82, 2.24) is 0 Å². The van der Waals surface area contributed by atoms with Crippen molar-refractivity contribution in [3.05, 3.63) is 24.3 Å². The van der Waals surface area contributed by atoms with E-state index in [0.29, 0.717) is 19.3 Å². The van der Waals surface area contributed by atoms with Crippen molar-refractivity contribution in [2.45, 2.75) is 239 Å². The molecule has 0 N–H and O–H groups in total. The molecule has 0 saturated heterocycles. The number of rotatable bonds is 40. The zero-order chi connectivity index (χ0) is 38.0. The Morgan fingerprint density at radius 3 is 1.10 bits per heavy atom. The largest absolute Gasteiger partial charge is 0.462 e. The van der Waals surface area contributed by atoms with Crippen LogP contribution < -0.4 is 0 Å². The van der Waals surface area contributed by atoms with Crippen LogP contribution >= 0.6 is 0 Å². The third-order valence-electron chi connectivity index (χ3n) is 9.71. The quantitative estimate of drug-likeness (QED) is 0.0270. The molecule has 6 heteroatoms. The van der Waals surface area contributed by atoms with Crippen LogP contribution in [0.2, 0.25) is 0 Å². The number of carbonyl (C=O) groups excluding carboxylic acids is 3. The second kappa shape index (κ2) is 41.6. The van der Waals surface area contributed by atoms with Gasteiger partial charge in [-0.15, -0.1) is 0 Å². The molecular weight excluding hydrogens is 648 g/mol. The van der Waals surface area contributed by atoms with Crippen molar-refractivity contribution in [2.24, 2.45) is 0 Å². The second-order valence-electron chi connectivity index (χ2n) is 15.0. The molecule has 0 aliphatic rings. The van der Waals surface area contributed by atoms with Gasteiger partial charge in [-0.25, -0.2) is 0 Å². The van der Waals surface area contributed by atoms with E-state index in [-0.39, 0.29) is 31.1 Å². The van der Waals surface area contributed by atoms with E-state index in [4.69, 9.17) is 14.2 Å². The molecule has 0 bridgehead atoms. The lowest BCUT2D eigenvalue weighted by Gasteiger charge is -2.18. The van der Waals surface area contributed by atoms with Gasteiger partial charge in [0.2, 0.25) is 0 Å². The first kappa shape index (κ1) is 49.9. The normalized spacial score (nSPS) is 12.1. The summed E-state index contributed by atoms with van der Waals surface area (Å²) in [7, 11) is 0. The van der Waals surface area contributed by atoms with Crippen LogP contribution in [-0.4, -0.2) is 37.2 Å². The van der Waals surface area contributed by atoms with E-state index in [1.165, 1.54) is 116 Å². The number of carbonyl (C=O) groups is 3. The highest BCUT2D eigenvalue weighted by atomic mass is 16.6. The summed E-state index contributed by atoms with van der Waals surface area (Å²) < 4.78 is 16.6. The van der Waals surface area contributed by atoms with Gasteiger partial charge in [0.05, 0.1) is 0 Å². The third-order valence-corrected chi connectivity index (χ3v) is 9.71. The SMILES string of the molecule is CCCCC/C=C\C/C=C\CCCCCCCCCC(=O)OCC(COC(=O)CCCCCCC)OC(=O)CCCCCCCCCCCCCC. The van der Waals surface area contributed by atoms with Gasteiger partial charge in [0, 0.05) is 19.3 Å². The minimum absolute atomic E-state index is 0.0722. The average Bonchev–Trinajstić information content (AvgIpc) is 3.14. The number of hydrogen-bond acceptors (Lipinski definition) is 6. The molecule has 1 atom stereocenters. The van der Waals surface area contributed by atoms with Crippen LogP contribution in [0.5, 0.6) is 0 Å². The summed E-state index contributed by atoms with van der Waals surface area (Å²) >= 11 is 0. The Kier molecular flexibility index (Phi) is 40.0. The van der Waals surface area contributed by atoms with Gasteiger partial charge in [0.1, 0.15) is 13.2 Å². The van der Waals surface area contributed by atoms with E-state index in [9.17, 15) is 14.4 Å². The van der Waals surface area contributed by atoms with Crippen LogP contribution in [0, 0.1) is 0 Å². The van der Waals surface area contributed by atoms with Gasteiger partial charge in [-0.3, -0.25) is 14.4 Å². The Balaban J connectivity index is 4.20. The Labute approximate surface area is 322 Å². The highest BCUT2D eigenvalue weighted by molar-refractivity contribution is 5.71. The maximum absolute atomic E-state index is 12.6. The smallest absolute Gasteiger partial charge is 0.306 e. The lowest BCUT2D eigenvalue weighted by molar-refractivity contribution is -0.167. The van der Waals surface area contributed by atoms with Gasteiger partial charge >= 0.3 is 17.9 Å². The predicted octanol–water partition coefficient (Wildman–Crippen LogP) is 14.0. The molecule has 0 spiro atoms. The van der Waals surface area contributed by atoms with Crippen molar-refractivity contribution in [1.29, 1.82) is 0 Å². The summed E-state index contributed by atoms with van der Waals surface area (Å²) in [5.74, 6) is -0.890. The van der Waals surface area contributed by atoms with E-state index in [2.05, 4.69) is 45.1 Å². The topological polar surface area (TPSA) is 78.9 Å². The van der Waals surface area contributed by atoms with Gasteiger partial charge < -0.3 is 14.2 Å². The molecule has 52 heavy (non-hydrogen) atoms. The highest BCUT2D eigenvalue weighted by Gasteiger charge is 2.19. The molecule has 1 unspecified atom stereocenters. The minimum atomic E-state index is -0.764. The van der Waals surface area contributed by atoms with Crippen LogP contribution in [-0.2, 0) is 28.6 Å². The number of esters is 3. The molecule has 0 saturated carbocycles. The number of ether oxygens (including phenoxy) is 3. The van der Waals surface area contributed by atoms with Crippen LogP contribution in [0.25, 0.3) is 0 Å². The number of hydrogen-bond donors (Lipinski definition) is 0. The van der Waals surface area contributed by atoms with Crippen molar-refractivity contribution in [3.8, 4) is 0 Å². The monoisotopic (exact) mass is 733 g/mol. The van der Waals surface area contributed by atoms with Gasteiger partial charge in [-0.2, -0.15) is 0 Å². The number of allylic oxidation sites excluding steroid dienone is 4. The van der Waals surface area contributed by atoms with E-state index in [1.54, 1.807) is 0 Å². The highest BCUT2D eigenvalue weighted by Crippen LogP contribution is 2.14. The molecule has 0 aliphatic carbocycles. The molecule has 0 aromatic rings. The second-order valence-corrected chi connectivity index (χ2v) is 15.0. The van der Waals surface area contributed by atoms with E-state index < -0.39 is 6.10 Å². The molecule has 0 aliphatic heterocycles. The standard InChI is InChI=1S/C46H84O6/c1-4-7-10-13-15-17-19-21-22-23-24-25-27-28-30-33-36-39-45(48)51-42-43(41-50-44(47)38-35-32-12-9-6-3)52-46(49)40-37-34-31-29-26-20-18-16-14-11-8-5-2/h15,17,21-22,43H,4-14,16,18-20,23-42H2,1-3H3/b17-15-,22-21-. The molecule has 0 aromatic carbocycles. The molecule has 0 heterocycles. The maximum atomic E-state index is 12.6. The van der Waals surface area contributed by atoms with E-state index >= 15 is 0 Å². The Morgan fingerprint density at radius 1 is 0.385 bits per heavy atom. The zero-order valence-electron chi connectivity index (χ0n) is 34.6. The molecule has 0 aromatic heterocycles. The van der Waals surface area contributed by atoms with Crippen LogP contribution in [0.1, 0.15) is 233 Å². The molecular formula is C46H84O6. The molecule has 0 rings (SSSR count). The maximum Gasteiger partial charge on any atom is 0.306 e. The summed E-state index contributed by atoms with van der Waals surface area (Å²) in [6, 6.07) is 0. The minimum Gasteiger partial charge on any atom is -0.462 e. The Bertz CT molecular complexity index is 850. The van der Waals surface area contributed by atoms with Gasteiger partial charge in [0.25, 0.3) is 0 Å². The lowest BCUT2D eigenvalue weighted by Crippen LogP contribution is -2.30. The van der Waals surface area contributed by atoms with Gasteiger partial charge in [-0.1, -0.05) is 186 Å². The predicted molar refractivity (Wildman–Crippen MR) is 219 cm³/mol. The summed E-state index contributed by atoms with van der Waals surface area (Å²) in [5, 5.41) is 0. The fraction of sp³-hybridized carbons (Fsp3) is 0.848. The van der Waals surface area contributed by atoms with Crippen molar-refractivity contribution < 1.29 is 28.6 Å². The van der Waals surface area contributed by atoms with E-state index in [1.807, 2.05) is 0 Å². The molecule has 0 amide bonds. The fourth-order valence-corrected chi connectivity index (χ4v) is 6.29. The summed E-state index contributed by atoms with van der Waals surface area (Å²) in [6.07, 6.45) is 44.7. The van der Waals surface area contributed by atoms with Crippen LogP contribution in [0.3, 0.4) is 0 Å². The van der Waals surface area contributed by atoms with Crippen LogP contribution in [0.4, 0.5) is 0 Å². The molecule has 0 radical (unpaired) electrons. The Hall–Kier alpha value is -2.11. The molecule has 0 fully saturated rings. The summed E-state index contributed by atoms with van der Waals surface area (Å²) in [4.78, 5) is 37.4. The lowest BCUT2D eigenvalue weighted by atomic mass is 10.0. The fourth-order valence-electron chi connectivity index (χ4n) is 6.29. The van der Waals surface area contributed by atoms with Crippen molar-refractivity contribution in [2.75, 3.05) is 13.2 Å². The average molecular weight is 733 g/mol. The molecule has 304 valence electrons. The van der Waals surface area contributed by atoms with Gasteiger partial charge in [0.15, 0.2) is 6.10 Å². The zero-order valence-corrected chi connectivity index (χ0v) is 34.6. The molecule has 6 nitrogen and oxygen atoms in total. The first-order chi connectivity index (χ1) is 25.5.